The van der Waals surface area contributed by atoms with Gasteiger partial charge in [-0.1, -0.05) is 11.6 Å². The SMILES string of the molecule is COc1cc(OC)c(-c2cn3ccc(N4CC(O)C(NCc5ccncc5)C4)cc3n2)cc1Cl. The number of fused-ring (bicyclic) bond motifs is 1. The average molecular weight is 480 g/mol. The molecule has 0 amide bonds. The van der Waals surface area contributed by atoms with Gasteiger partial charge >= 0.3 is 0 Å². The Bertz CT molecular complexity index is 1300. The normalized spacial score (nSPS) is 17.9. The lowest BCUT2D eigenvalue weighted by molar-refractivity contribution is 0.163. The van der Waals surface area contributed by atoms with Crippen LogP contribution in [0.4, 0.5) is 5.69 Å². The van der Waals surface area contributed by atoms with Gasteiger partial charge in [-0.25, -0.2) is 4.98 Å². The zero-order chi connectivity index (χ0) is 23.7. The number of hydrogen-bond acceptors (Lipinski definition) is 7. The number of nitrogens with zero attached hydrogens (tertiary/aromatic N) is 4. The van der Waals surface area contributed by atoms with Gasteiger partial charge in [0.25, 0.3) is 0 Å². The Balaban J connectivity index is 1.36. The maximum atomic E-state index is 10.6. The van der Waals surface area contributed by atoms with Crippen LogP contribution in [-0.2, 0) is 6.54 Å². The second-order valence-electron chi connectivity index (χ2n) is 8.28. The third-order valence-corrected chi connectivity index (χ3v) is 6.46. The molecule has 2 N–H and O–H groups in total. The highest BCUT2D eigenvalue weighted by atomic mass is 35.5. The van der Waals surface area contributed by atoms with Gasteiger partial charge < -0.3 is 29.2 Å². The molecular weight excluding hydrogens is 454 g/mol. The Hall–Kier alpha value is -3.33. The van der Waals surface area contributed by atoms with Gasteiger partial charge in [0, 0.05) is 67.8 Å². The molecule has 2 unspecified atom stereocenters. The number of hydrogen-bond donors (Lipinski definition) is 2. The molecule has 0 spiro atoms. The number of aromatic nitrogens is 3. The van der Waals surface area contributed by atoms with Crippen LogP contribution in [0.25, 0.3) is 16.9 Å². The number of aliphatic hydroxyl groups excluding tert-OH is 1. The molecule has 8 nitrogen and oxygen atoms in total. The Kier molecular flexibility index (Phi) is 6.28. The minimum absolute atomic E-state index is 0.0228. The minimum Gasteiger partial charge on any atom is -0.496 e. The molecule has 0 aliphatic carbocycles. The van der Waals surface area contributed by atoms with Crippen molar-refractivity contribution in [3.05, 3.63) is 71.8 Å². The van der Waals surface area contributed by atoms with E-state index in [1.54, 1.807) is 38.7 Å². The largest absolute Gasteiger partial charge is 0.496 e. The summed E-state index contributed by atoms with van der Waals surface area (Å²) in [5.74, 6) is 1.18. The maximum Gasteiger partial charge on any atom is 0.141 e. The molecule has 4 heterocycles. The molecule has 0 bridgehead atoms. The van der Waals surface area contributed by atoms with Gasteiger partial charge in [-0.15, -0.1) is 0 Å². The van der Waals surface area contributed by atoms with Crippen molar-refractivity contribution in [1.82, 2.24) is 19.7 Å². The van der Waals surface area contributed by atoms with Crippen molar-refractivity contribution in [3.63, 3.8) is 0 Å². The molecule has 1 aliphatic heterocycles. The first-order valence-corrected chi connectivity index (χ1v) is 11.4. The summed E-state index contributed by atoms with van der Waals surface area (Å²) in [6.45, 7) is 1.95. The summed E-state index contributed by atoms with van der Waals surface area (Å²) in [6, 6.07) is 11.6. The van der Waals surface area contributed by atoms with Crippen LogP contribution in [0, 0.1) is 0 Å². The van der Waals surface area contributed by atoms with E-state index in [9.17, 15) is 5.11 Å². The van der Waals surface area contributed by atoms with Crippen molar-refractivity contribution < 1.29 is 14.6 Å². The van der Waals surface area contributed by atoms with Crippen LogP contribution < -0.4 is 19.7 Å². The quantitative estimate of drug-likeness (QED) is 0.420. The fraction of sp³-hybridized carbons (Fsp3) is 0.280. The summed E-state index contributed by atoms with van der Waals surface area (Å²) in [7, 11) is 3.18. The van der Waals surface area contributed by atoms with Crippen LogP contribution in [-0.4, -0.2) is 58.9 Å². The summed E-state index contributed by atoms with van der Waals surface area (Å²) >= 11 is 6.36. The molecule has 1 aliphatic rings. The van der Waals surface area contributed by atoms with Gasteiger partial charge in [-0.05, 0) is 29.8 Å². The highest BCUT2D eigenvalue weighted by Crippen LogP contribution is 2.38. The second kappa shape index (κ2) is 9.50. The van der Waals surface area contributed by atoms with E-state index in [0.29, 0.717) is 36.2 Å². The Morgan fingerprint density at radius 3 is 2.65 bits per heavy atom. The first-order chi connectivity index (χ1) is 16.6. The molecule has 5 rings (SSSR count). The van der Waals surface area contributed by atoms with Crippen molar-refractivity contribution in [2.75, 3.05) is 32.2 Å². The van der Waals surface area contributed by atoms with Gasteiger partial charge in [0.1, 0.15) is 17.1 Å². The van der Waals surface area contributed by atoms with Gasteiger partial charge in [0.15, 0.2) is 0 Å². The number of halogens is 1. The molecule has 3 aromatic heterocycles. The fourth-order valence-electron chi connectivity index (χ4n) is 4.31. The molecule has 1 aromatic carbocycles. The van der Waals surface area contributed by atoms with E-state index in [1.807, 2.05) is 41.1 Å². The van der Waals surface area contributed by atoms with Gasteiger partial charge in [0.2, 0.25) is 0 Å². The summed E-state index contributed by atoms with van der Waals surface area (Å²) < 4.78 is 12.8. The number of ether oxygens (including phenoxy) is 2. The van der Waals surface area contributed by atoms with Crippen LogP contribution in [0.15, 0.2) is 61.2 Å². The Labute approximate surface area is 202 Å². The van der Waals surface area contributed by atoms with Crippen LogP contribution in [0.1, 0.15) is 5.56 Å². The highest BCUT2D eigenvalue weighted by molar-refractivity contribution is 6.32. The van der Waals surface area contributed by atoms with Crippen LogP contribution in [0.5, 0.6) is 11.5 Å². The molecule has 1 saturated heterocycles. The first-order valence-electron chi connectivity index (χ1n) is 11.0. The molecule has 0 radical (unpaired) electrons. The molecule has 2 atom stereocenters. The molecular formula is C25H26ClN5O3. The first kappa shape index (κ1) is 22.5. The van der Waals surface area contributed by atoms with E-state index >= 15 is 0 Å². The number of rotatable bonds is 7. The van der Waals surface area contributed by atoms with E-state index in [2.05, 4.69) is 15.2 Å². The third kappa shape index (κ3) is 4.40. The molecule has 34 heavy (non-hydrogen) atoms. The lowest BCUT2D eigenvalue weighted by Gasteiger charge is -2.18. The average Bonchev–Trinajstić information content (AvgIpc) is 3.46. The van der Waals surface area contributed by atoms with Crippen LogP contribution >= 0.6 is 11.6 Å². The monoisotopic (exact) mass is 479 g/mol. The van der Waals surface area contributed by atoms with E-state index < -0.39 is 6.10 Å². The minimum atomic E-state index is -0.459. The number of benzene rings is 1. The predicted molar refractivity (Wildman–Crippen MR) is 132 cm³/mol. The topological polar surface area (TPSA) is 84.2 Å². The molecule has 1 fully saturated rings. The summed E-state index contributed by atoms with van der Waals surface area (Å²) in [4.78, 5) is 11.0. The number of β-amino-alcohol motifs (C(OH)–C–C–N with tert-alkyl or cyclic N) is 1. The third-order valence-electron chi connectivity index (χ3n) is 6.17. The number of anilines is 1. The van der Waals surface area contributed by atoms with Gasteiger partial charge in [-0.3, -0.25) is 4.98 Å². The number of nitrogens with one attached hydrogen (secondary N) is 1. The standard InChI is InChI=1S/C25H26ClN5O3/c1-33-23-11-24(34-2)19(26)10-18(23)20-13-30-8-5-17(9-25(30)29-20)31-14-21(22(32)15-31)28-12-16-3-6-27-7-4-16/h3-11,13,21-22,28,32H,12,14-15H2,1-2H3. The van der Waals surface area contributed by atoms with Crippen LogP contribution in [0.3, 0.4) is 0 Å². The van der Waals surface area contributed by atoms with Gasteiger partial charge in [0.05, 0.1) is 37.1 Å². The van der Waals surface area contributed by atoms with Crippen molar-refractivity contribution in [2.45, 2.75) is 18.7 Å². The zero-order valence-electron chi connectivity index (χ0n) is 19.0. The maximum absolute atomic E-state index is 10.6. The van der Waals surface area contributed by atoms with Crippen molar-refractivity contribution >= 4 is 22.9 Å². The van der Waals surface area contributed by atoms with Gasteiger partial charge in [-0.2, -0.15) is 0 Å². The molecule has 4 aromatic rings. The van der Waals surface area contributed by atoms with E-state index in [0.717, 1.165) is 28.2 Å². The van der Waals surface area contributed by atoms with Crippen molar-refractivity contribution in [3.8, 4) is 22.8 Å². The Morgan fingerprint density at radius 1 is 1.09 bits per heavy atom. The van der Waals surface area contributed by atoms with Crippen molar-refractivity contribution in [1.29, 1.82) is 0 Å². The number of methoxy groups -OCH3 is 2. The van der Waals surface area contributed by atoms with Crippen molar-refractivity contribution in [2.24, 2.45) is 0 Å². The summed E-state index contributed by atoms with van der Waals surface area (Å²) in [5.41, 5.74) is 4.48. The summed E-state index contributed by atoms with van der Waals surface area (Å²) in [5, 5.41) is 14.6. The van der Waals surface area contributed by atoms with Crippen LogP contribution in [0.2, 0.25) is 5.02 Å². The lowest BCUT2D eigenvalue weighted by atomic mass is 10.1. The van der Waals surface area contributed by atoms with E-state index in [-0.39, 0.29) is 6.04 Å². The lowest BCUT2D eigenvalue weighted by Crippen LogP contribution is -2.38. The number of imidazole rings is 1. The second-order valence-corrected chi connectivity index (χ2v) is 8.69. The number of pyridine rings is 2. The molecule has 0 saturated carbocycles. The smallest absolute Gasteiger partial charge is 0.141 e. The Morgan fingerprint density at radius 2 is 1.88 bits per heavy atom. The highest BCUT2D eigenvalue weighted by Gasteiger charge is 2.31. The number of aliphatic hydroxyl groups is 1. The fourth-order valence-corrected chi connectivity index (χ4v) is 4.55. The van der Waals surface area contributed by atoms with E-state index in [1.165, 1.54) is 0 Å². The molecule has 9 heteroatoms. The molecule has 176 valence electrons. The zero-order valence-corrected chi connectivity index (χ0v) is 19.7. The van der Waals surface area contributed by atoms with E-state index in [4.69, 9.17) is 26.1 Å². The summed E-state index contributed by atoms with van der Waals surface area (Å²) in [6.07, 6.45) is 7.01. The predicted octanol–water partition coefficient (Wildman–Crippen LogP) is 3.41.